The van der Waals surface area contributed by atoms with Gasteiger partial charge in [-0.1, -0.05) is 0 Å². The maximum atomic E-state index is 11.0. The molecular weight excluding hydrogens is 251 g/mol. The molecule has 0 amide bonds. The van der Waals surface area contributed by atoms with Crippen LogP contribution in [-0.4, -0.2) is 49.7 Å². The molecule has 0 spiro atoms. The molecule has 0 aromatic carbocycles. The van der Waals surface area contributed by atoms with Crippen molar-refractivity contribution in [3.05, 3.63) is 0 Å². The SMILES string of the molecule is COC(=O)CCN1CCNCC1(C)C.Cl.Cl. The second-order valence-electron chi connectivity index (χ2n) is 4.30. The highest BCUT2D eigenvalue weighted by molar-refractivity contribution is 5.85. The number of ether oxygens (including phenoxy) is 1. The monoisotopic (exact) mass is 272 g/mol. The summed E-state index contributed by atoms with van der Waals surface area (Å²) in [5.41, 5.74) is 0.145. The number of esters is 1. The van der Waals surface area contributed by atoms with Crippen LogP contribution in [0.5, 0.6) is 0 Å². The van der Waals surface area contributed by atoms with Gasteiger partial charge in [0.05, 0.1) is 13.5 Å². The van der Waals surface area contributed by atoms with Crippen LogP contribution in [0.3, 0.4) is 0 Å². The zero-order valence-corrected chi connectivity index (χ0v) is 11.7. The fourth-order valence-electron chi connectivity index (χ4n) is 1.77. The first kappa shape index (κ1) is 18.3. The summed E-state index contributed by atoms with van der Waals surface area (Å²) in [6.07, 6.45) is 0.486. The summed E-state index contributed by atoms with van der Waals surface area (Å²) in [6.45, 7) is 8.16. The Labute approximate surface area is 110 Å². The van der Waals surface area contributed by atoms with E-state index >= 15 is 0 Å². The van der Waals surface area contributed by atoms with Crippen LogP contribution in [-0.2, 0) is 9.53 Å². The number of methoxy groups -OCH3 is 1. The van der Waals surface area contributed by atoms with E-state index in [1.807, 2.05) is 0 Å². The summed E-state index contributed by atoms with van der Waals surface area (Å²) in [7, 11) is 1.44. The molecule has 1 aliphatic rings. The molecule has 1 saturated heterocycles. The highest BCUT2D eigenvalue weighted by atomic mass is 35.5. The van der Waals surface area contributed by atoms with Crippen LogP contribution in [0.25, 0.3) is 0 Å². The van der Waals surface area contributed by atoms with Crippen molar-refractivity contribution in [2.45, 2.75) is 25.8 Å². The fourth-order valence-corrected chi connectivity index (χ4v) is 1.77. The van der Waals surface area contributed by atoms with Gasteiger partial charge in [0.25, 0.3) is 0 Å². The lowest BCUT2D eigenvalue weighted by Gasteiger charge is -2.42. The third-order valence-corrected chi connectivity index (χ3v) is 2.79. The highest BCUT2D eigenvalue weighted by Gasteiger charge is 2.29. The lowest BCUT2D eigenvalue weighted by molar-refractivity contribution is -0.141. The summed E-state index contributed by atoms with van der Waals surface area (Å²) in [4.78, 5) is 13.3. The highest BCUT2D eigenvalue weighted by Crippen LogP contribution is 2.16. The minimum Gasteiger partial charge on any atom is -0.469 e. The fraction of sp³-hybridized carbons (Fsp3) is 0.900. The molecule has 16 heavy (non-hydrogen) atoms. The second kappa shape index (κ2) is 8.12. The van der Waals surface area contributed by atoms with Crippen LogP contribution < -0.4 is 5.32 Å². The molecule has 0 aliphatic carbocycles. The Balaban J connectivity index is 0. The molecule has 0 aromatic rings. The van der Waals surface area contributed by atoms with E-state index in [4.69, 9.17) is 0 Å². The zero-order chi connectivity index (χ0) is 10.6. The molecule has 4 nitrogen and oxygen atoms in total. The molecule has 1 heterocycles. The van der Waals surface area contributed by atoms with Crippen molar-refractivity contribution in [3.8, 4) is 0 Å². The smallest absolute Gasteiger partial charge is 0.306 e. The van der Waals surface area contributed by atoms with Gasteiger partial charge in [-0.2, -0.15) is 0 Å². The first-order valence-electron chi connectivity index (χ1n) is 5.09. The van der Waals surface area contributed by atoms with Crippen LogP contribution in [0, 0.1) is 0 Å². The van der Waals surface area contributed by atoms with Gasteiger partial charge in [-0.3, -0.25) is 9.69 Å². The van der Waals surface area contributed by atoms with E-state index < -0.39 is 0 Å². The van der Waals surface area contributed by atoms with E-state index in [9.17, 15) is 4.79 Å². The predicted molar refractivity (Wildman–Crippen MR) is 69.7 cm³/mol. The summed E-state index contributed by atoms with van der Waals surface area (Å²) in [5.74, 6) is -0.126. The predicted octanol–water partition coefficient (Wildman–Crippen LogP) is 1.08. The average Bonchev–Trinajstić information content (AvgIpc) is 2.15. The number of piperazine rings is 1. The Kier molecular flexibility index (Phi) is 9.30. The minimum atomic E-state index is -0.126. The van der Waals surface area contributed by atoms with E-state index in [1.54, 1.807) is 0 Å². The van der Waals surface area contributed by atoms with Gasteiger partial charge in [0.2, 0.25) is 0 Å². The maximum Gasteiger partial charge on any atom is 0.306 e. The molecule has 0 atom stereocenters. The summed E-state index contributed by atoms with van der Waals surface area (Å²) >= 11 is 0. The number of hydrogen-bond acceptors (Lipinski definition) is 4. The number of nitrogens with one attached hydrogen (secondary N) is 1. The molecule has 0 aromatic heterocycles. The van der Waals surface area contributed by atoms with Crippen LogP contribution in [0.2, 0.25) is 0 Å². The third kappa shape index (κ3) is 5.34. The number of nitrogens with zero attached hydrogens (tertiary/aromatic N) is 1. The largest absolute Gasteiger partial charge is 0.469 e. The number of carbonyl (C=O) groups excluding carboxylic acids is 1. The van der Waals surface area contributed by atoms with Crippen molar-refractivity contribution in [2.24, 2.45) is 0 Å². The first-order chi connectivity index (χ1) is 6.56. The van der Waals surface area contributed by atoms with Crippen LogP contribution in [0.4, 0.5) is 0 Å². The van der Waals surface area contributed by atoms with E-state index in [2.05, 4.69) is 28.8 Å². The molecule has 6 heteroatoms. The Morgan fingerprint density at radius 3 is 2.56 bits per heavy atom. The molecule has 1 rings (SSSR count). The molecule has 0 saturated carbocycles. The van der Waals surface area contributed by atoms with Crippen molar-refractivity contribution < 1.29 is 9.53 Å². The number of rotatable bonds is 3. The third-order valence-electron chi connectivity index (χ3n) is 2.79. The molecule has 1 aliphatic heterocycles. The van der Waals surface area contributed by atoms with Crippen molar-refractivity contribution in [1.82, 2.24) is 10.2 Å². The van der Waals surface area contributed by atoms with Crippen molar-refractivity contribution >= 4 is 30.8 Å². The van der Waals surface area contributed by atoms with Crippen molar-refractivity contribution in [3.63, 3.8) is 0 Å². The normalized spacial score (nSPS) is 19.2. The van der Waals surface area contributed by atoms with Gasteiger partial charge >= 0.3 is 5.97 Å². The van der Waals surface area contributed by atoms with E-state index in [0.29, 0.717) is 6.42 Å². The Hall–Kier alpha value is -0.0300. The van der Waals surface area contributed by atoms with Gasteiger partial charge in [0.1, 0.15) is 0 Å². The second-order valence-corrected chi connectivity index (χ2v) is 4.30. The Morgan fingerprint density at radius 1 is 1.44 bits per heavy atom. The quantitative estimate of drug-likeness (QED) is 0.781. The van der Waals surface area contributed by atoms with Crippen molar-refractivity contribution in [1.29, 1.82) is 0 Å². The summed E-state index contributed by atoms with van der Waals surface area (Å²) in [6, 6.07) is 0. The molecule has 1 N–H and O–H groups in total. The molecule has 0 bridgehead atoms. The van der Waals surface area contributed by atoms with E-state index in [-0.39, 0.29) is 36.3 Å². The van der Waals surface area contributed by atoms with Crippen molar-refractivity contribution in [2.75, 3.05) is 33.3 Å². The topological polar surface area (TPSA) is 41.6 Å². The number of carbonyl (C=O) groups is 1. The molecular formula is C10H22Cl2N2O2. The number of hydrogen-bond donors (Lipinski definition) is 1. The molecule has 1 fully saturated rings. The lowest BCUT2D eigenvalue weighted by atomic mass is 10.00. The Morgan fingerprint density at radius 2 is 2.06 bits per heavy atom. The summed E-state index contributed by atoms with van der Waals surface area (Å²) in [5, 5.41) is 3.35. The van der Waals surface area contributed by atoms with E-state index in [1.165, 1.54) is 7.11 Å². The van der Waals surface area contributed by atoms with Gasteiger partial charge < -0.3 is 10.1 Å². The van der Waals surface area contributed by atoms with Crippen LogP contribution >= 0.6 is 24.8 Å². The standard InChI is InChI=1S/C10H20N2O2.2ClH/c1-10(2)8-11-5-7-12(10)6-4-9(13)14-3;;/h11H,4-8H2,1-3H3;2*1H. The molecule has 98 valence electrons. The van der Waals surface area contributed by atoms with E-state index in [0.717, 1.165) is 26.2 Å². The molecule has 0 radical (unpaired) electrons. The Bertz CT molecular complexity index is 213. The minimum absolute atomic E-state index is 0. The average molecular weight is 273 g/mol. The number of halogens is 2. The van der Waals surface area contributed by atoms with Crippen LogP contribution in [0.1, 0.15) is 20.3 Å². The van der Waals surface area contributed by atoms with Crippen LogP contribution in [0.15, 0.2) is 0 Å². The lowest BCUT2D eigenvalue weighted by Crippen LogP contribution is -2.58. The van der Waals surface area contributed by atoms with Gasteiger partial charge in [0, 0.05) is 31.7 Å². The first-order valence-corrected chi connectivity index (χ1v) is 5.09. The van der Waals surface area contributed by atoms with Gasteiger partial charge in [-0.15, -0.1) is 24.8 Å². The van der Waals surface area contributed by atoms with Gasteiger partial charge in [-0.05, 0) is 13.8 Å². The molecule has 0 unspecified atom stereocenters. The maximum absolute atomic E-state index is 11.0. The zero-order valence-electron chi connectivity index (χ0n) is 10.1. The van der Waals surface area contributed by atoms with Gasteiger partial charge in [0.15, 0.2) is 0 Å². The van der Waals surface area contributed by atoms with Gasteiger partial charge in [-0.25, -0.2) is 0 Å². The summed E-state index contributed by atoms with van der Waals surface area (Å²) < 4.78 is 4.63.